The first-order chi connectivity index (χ1) is 9.13. The summed E-state index contributed by atoms with van der Waals surface area (Å²) in [5.74, 6) is 1.16. The molecule has 0 aromatic heterocycles. The maximum absolute atomic E-state index is 13.1. The molecule has 110 valence electrons. The van der Waals surface area contributed by atoms with Crippen molar-refractivity contribution in [3.05, 3.63) is 24.0 Å². The SMILES string of the molecule is C#CC(CC)Nc1ccc(F)cc1S(=O)(=O)C(F)(F)F. The first-order valence-corrected chi connectivity index (χ1v) is 6.95. The summed E-state index contributed by atoms with van der Waals surface area (Å²) in [6.45, 7) is 1.67. The maximum Gasteiger partial charge on any atom is 0.501 e. The van der Waals surface area contributed by atoms with Gasteiger partial charge in [0, 0.05) is 0 Å². The molecule has 0 amide bonds. The normalized spacial score (nSPS) is 13.6. The average molecular weight is 309 g/mol. The molecule has 0 heterocycles. The van der Waals surface area contributed by atoms with Gasteiger partial charge in [0.1, 0.15) is 10.7 Å². The standard InChI is InChI=1S/C12H11F4NO2S/c1-3-9(4-2)17-10-6-5-8(13)7-11(10)20(18,19)12(14,15)16/h1,5-7,9,17H,4H2,2H3. The van der Waals surface area contributed by atoms with Gasteiger partial charge in [-0.05, 0) is 24.6 Å². The summed E-state index contributed by atoms with van der Waals surface area (Å²) in [6.07, 6.45) is 5.51. The Morgan fingerprint density at radius 2 is 2.00 bits per heavy atom. The van der Waals surface area contributed by atoms with Gasteiger partial charge in [0.15, 0.2) is 0 Å². The second-order valence-corrected chi connectivity index (χ2v) is 5.77. The Morgan fingerprint density at radius 3 is 2.45 bits per heavy atom. The molecule has 1 unspecified atom stereocenters. The van der Waals surface area contributed by atoms with Gasteiger partial charge in [0.2, 0.25) is 0 Å². The predicted octanol–water partition coefficient (Wildman–Crippen LogP) is 2.94. The van der Waals surface area contributed by atoms with Gasteiger partial charge in [0.25, 0.3) is 9.84 Å². The van der Waals surface area contributed by atoms with Crippen molar-refractivity contribution < 1.29 is 26.0 Å². The quantitative estimate of drug-likeness (QED) is 0.687. The molecular weight excluding hydrogens is 298 g/mol. The Kier molecular flexibility index (Phi) is 4.65. The van der Waals surface area contributed by atoms with Crippen LogP contribution in [0.3, 0.4) is 0 Å². The second kappa shape index (κ2) is 5.71. The number of terminal acetylenes is 1. The summed E-state index contributed by atoms with van der Waals surface area (Å²) < 4.78 is 73.5. The van der Waals surface area contributed by atoms with Gasteiger partial charge in [-0.25, -0.2) is 12.8 Å². The van der Waals surface area contributed by atoms with Crippen LogP contribution in [0.2, 0.25) is 0 Å². The Labute approximate surface area is 113 Å². The van der Waals surface area contributed by atoms with E-state index in [4.69, 9.17) is 6.42 Å². The molecule has 20 heavy (non-hydrogen) atoms. The van der Waals surface area contributed by atoms with Crippen molar-refractivity contribution in [2.75, 3.05) is 5.32 Å². The van der Waals surface area contributed by atoms with E-state index in [1.165, 1.54) is 0 Å². The summed E-state index contributed by atoms with van der Waals surface area (Å²) >= 11 is 0. The van der Waals surface area contributed by atoms with E-state index in [0.29, 0.717) is 12.5 Å². The number of alkyl halides is 3. The molecule has 1 atom stereocenters. The zero-order valence-electron chi connectivity index (χ0n) is 10.3. The largest absolute Gasteiger partial charge is 0.501 e. The lowest BCUT2D eigenvalue weighted by Crippen LogP contribution is -2.26. The topological polar surface area (TPSA) is 46.2 Å². The highest BCUT2D eigenvalue weighted by molar-refractivity contribution is 7.92. The number of nitrogens with one attached hydrogen (secondary N) is 1. The Morgan fingerprint density at radius 1 is 1.40 bits per heavy atom. The van der Waals surface area contributed by atoms with Crippen LogP contribution in [0.15, 0.2) is 23.1 Å². The molecule has 1 N–H and O–H groups in total. The van der Waals surface area contributed by atoms with E-state index in [1.54, 1.807) is 6.92 Å². The Balaban J connectivity index is 3.40. The van der Waals surface area contributed by atoms with Crippen LogP contribution < -0.4 is 5.32 Å². The van der Waals surface area contributed by atoms with Crippen molar-refractivity contribution in [1.29, 1.82) is 0 Å². The van der Waals surface area contributed by atoms with Gasteiger partial charge in [-0.3, -0.25) is 0 Å². The van der Waals surface area contributed by atoms with Crippen LogP contribution in [0.5, 0.6) is 0 Å². The first-order valence-electron chi connectivity index (χ1n) is 5.47. The van der Waals surface area contributed by atoms with Crippen molar-refractivity contribution in [3.63, 3.8) is 0 Å². The lowest BCUT2D eigenvalue weighted by Gasteiger charge is -2.17. The number of hydrogen-bond donors (Lipinski definition) is 1. The Bertz CT molecular complexity index is 632. The summed E-state index contributed by atoms with van der Waals surface area (Å²) in [7, 11) is -5.66. The number of benzene rings is 1. The van der Waals surface area contributed by atoms with Crippen molar-refractivity contribution in [2.45, 2.75) is 29.8 Å². The van der Waals surface area contributed by atoms with Gasteiger partial charge >= 0.3 is 5.51 Å². The van der Waals surface area contributed by atoms with Gasteiger partial charge in [-0.2, -0.15) is 13.2 Å². The summed E-state index contributed by atoms with van der Waals surface area (Å²) in [4.78, 5) is -1.18. The van der Waals surface area contributed by atoms with Crippen LogP contribution in [0, 0.1) is 18.2 Å². The summed E-state index contributed by atoms with van der Waals surface area (Å²) in [5, 5.41) is 2.47. The summed E-state index contributed by atoms with van der Waals surface area (Å²) in [6, 6.07) is 1.41. The van der Waals surface area contributed by atoms with Crippen LogP contribution in [0.25, 0.3) is 0 Å². The minimum atomic E-state index is -5.66. The lowest BCUT2D eigenvalue weighted by molar-refractivity contribution is -0.0435. The molecule has 0 saturated carbocycles. The zero-order chi connectivity index (χ0) is 15.6. The molecule has 1 aromatic rings. The molecule has 1 rings (SSSR count). The predicted molar refractivity (Wildman–Crippen MR) is 66.2 cm³/mol. The molecule has 0 bridgehead atoms. The summed E-state index contributed by atoms with van der Waals surface area (Å²) in [5.41, 5.74) is -5.90. The molecule has 0 radical (unpaired) electrons. The number of sulfone groups is 1. The van der Waals surface area contributed by atoms with Gasteiger partial charge in [-0.15, -0.1) is 6.42 Å². The number of rotatable bonds is 4. The molecule has 3 nitrogen and oxygen atoms in total. The van der Waals surface area contributed by atoms with E-state index in [-0.39, 0.29) is 5.69 Å². The number of halogens is 4. The molecule has 0 aliphatic rings. The fraction of sp³-hybridized carbons (Fsp3) is 0.333. The smallest absolute Gasteiger partial charge is 0.371 e. The third-order valence-electron chi connectivity index (χ3n) is 2.48. The minimum absolute atomic E-state index is 0.314. The van der Waals surface area contributed by atoms with E-state index in [1.807, 2.05) is 0 Å². The van der Waals surface area contributed by atoms with Crippen molar-refractivity contribution in [3.8, 4) is 12.3 Å². The van der Waals surface area contributed by atoms with Crippen LogP contribution in [-0.4, -0.2) is 20.0 Å². The van der Waals surface area contributed by atoms with Crippen molar-refractivity contribution in [1.82, 2.24) is 0 Å². The number of anilines is 1. The second-order valence-electron chi connectivity index (χ2n) is 3.86. The minimum Gasteiger partial charge on any atom is -0.371 e. The van der Waals surface area contributed by atoms with Crippen LogP contribution in [0.1, 0.15) is 13.3 Å². The molecule has 0 fully saturated rings. The van der Waals surface area contributed by atoms with E-state index >= 15 is 0 Å². The molecular formula is C12H11F4NO2S. The van der Waals surface area contributed by atoms with E-state index in [0.717, 1.165) is 12.1 Å². The first kappa shape index (κ1) is 16.3. The highest BCUT2D eigenvalue weighted by atomic mass is 32.2. The van der Waals surface area contributed by atoms with Gasteiger partial charge in [-0.1, -0.05) is 12.8 Å². The maximum atomic E-state index is 13.1. The monoisotopic (exact) mass is 309 g/mol. The molecule has 0 aliphatic heterocycles. The highest BCUT2D eigenvalue weighted by Gasteiger charge is 2.48. The molecule has 1 aromatic carbocycles. The van der Waals surface area contributed by atoms with Crippen LogP contribution in [-0.2, 0) is 9.84 Å². The highest BCUT2D eigenvalue weighted by Crippen LogP contribution is 2.35. The Hall–Kier alpha value is -1.75. The third-order valence-corrected chi connectivity index (χ3v) is 4.00. The van der Waals surface area contributed by atoms with Gasteiger partial charge < -0.3 is 5.32 Å². The number of hydrogen-bond acceptors (Lipinski definition) is 3. The molecule has 0 aliphatic carbocycles. The third kappa shape index (κ3) is 3.22. The zero-order valence-corrected chi connectivity index (χ0v) is 11.1. The molecule has 0 spiro atoms. The molecule has 0 saturated heterocycles. The van der Waals surface area contributed by atoms with Gasteiger partial charge in [0.05, 0.1) is 11.7 Å². The van der Waals surface area contributed by atoms with Crippen molar-refractivity contribution in [2.24, 2.45) is 0 Å². The molecule has 8 heteroatoms. The van der Waals surface area contributed by atoms with Crippen LogP contribution in [0.4, 0.5) is 23.2 Å². The fourth-order valence-electron chi connectivity index (χ4n) is 1.41. The van der Waals surface area contributed by atoms with E-state index < -0.39 is 32.1 Å². The van der Waals surface area contributed by atoms with Crippen molar-refractivity contribution >= 4 is 15.5 Å². The van der Waals surface area contributed by atoms with E-state index in [9.17, 15) is 26.0 Å². The van der Waals surface area contributed by atoms with Crippen LogP contribution >= 0.6 is 0 Å². The van der Waals surface area contributed by atoms with E-state index in [2.05, 4.69) is 11.2 Å². The lowest BCUT2D eigenvalue weighted by atomic mass is 10.2. The average Bonchev–Trinajstić information content (AvgIpc) is 2.35. The fourth-order valence-corrected chi connectivity index (χ4v) is 2.35.